The number of para-hydroxylation sites is 2. The Morgan fingerprint density at radius 3 is 2.20 bits per heavy atom. The van der Waals surface area contributed by atoms with Crippen molar-refractivity contribution in [3.8, 4) is 11.5 Å². The number of ether oxygens (including phenoxy) is 2. The molecule has 0 spiro atoms. The highest BCUT2D eigenvalue weighted by atomic mass is 16.5. The molecule has 1 atom stereocenters. The maximum Gasteiger partial charge on any atom is 0.318 e. The molecule has 1 unspecified atom stereocenters. The van der Waals surface area contributed by atoms with E-state index < -0.39 is 5.92 Å². The lowest BCUT2D eigenvalue weighted by Crippen LogP contribution is -2.24. The largest absolute Gasteiger partial charge is 0.462 e. The van der Waals surface area contributed by atoms with E-state index in [1.165, 1.54) is 5.57 Å². The third-order valence-corrected chi connectivity index (χ3v) is 4.36. The Labute approximate surface area is 149 Å². The van der Waals surface area contributed by atoms with Crippen molar-refractivity contribution in [2.75, 3.05) is 0 Å². The molecule has 0 fully saturated rings. The van der Waals surface area contributed by atoms with Crippen molar-refractivity contribution in [1.82, 2.24) is 0 Å². The normalized spacial score (nSPS) is 13.9. The highest BCUT2D eigenvalue weighted by Gasteiger charge is 2.34. The molecule has 0 aromatic heterocycles. The third-order valence-electron chi connectivity index (χ3n) is 4.36. The molecule has 1 heterocycles. The Kier molecular flexibility index (Phi) is 5.22. The van der Waals surface area contributed by atoms with E-state index in [4.69, 9.17) is 9.47 Å². The predicted molar refractivity (Wildman–Crippen MR) is 99.0 cm³/mol. The summed E-state index contributed by atoms with van der Waals surface area (Å²) >= 11 is 0. The van der Waals surface area contributed by atoms with Gasteiger partial charge in [-0.15, -0.1) is 0 Å². The number of esters is 1. The van der Waals surface area contributed by atoms with Crippen LogP contribution in [0.2, 0.25) is 0 Å². The van der Waals surface area contributed by atoms with Gasteiger partial charge in [0.25, 0.3) is 0 Å². The van der Waals surface area contributed by atoms with Gasteiger partial charge >= 0.3 is 5.97 Å². The van der Waals surface area contributed by atoms with Gasteiger partial charge in [-0.05, 0) is 45.7 Å². The van der Waals surface area contributed by atoms with E-state index in [-0.39, 0.29) is 12.1 Å². The first kappa shape index (κ1) is 17.3. The summed E-state index contributed by atoms with van der Waals surface area (Å²) in [5, 5.41) is 0. The highest BCUT2D eigenvalue weighted by molar-refractivity contribution is 5.85. The number of benzene rings is 2. The van der Waals surface area contributed by atoms with Crippen LogP contribution in [0.15, 0.2) is 60.2 Å². The predicted octanol–water partition coefficient (Wildman–Crippen LogP) is 5.60. The first-order valence-corrected chi connectivity index (χ1v) is 8.76. The van der Waals surface area contributed by atoms with Gasteiger partial charge in [-0.1, -0.05) is 48.0 Å². The molecule has 0 amide bonds. The Morgan fingerprint density at radius 1 is 1.08 bits per heavy atom. The van der Waals surface area contributed by atoms with Crippen molar-refractivity contribution in [3.63, 3.8) is 0 Å². The van der Waals surface area contributed by atoms with Gasteiger partial charge in [0, 0.05) is 11.1 Å². The third kappa shape index (κ3) is 3.93. The average molecular weight is 336 g/mol. The molecule has 2 aromatic carbocycles. The summed E-state index contributed by atoms with van der Waals surface area (Å²) in [5.74, 6) is 0.792. The van der Waals surface area contributed by atoms with Crippen LogP contribution < -0.4 is 4.74 Å². The van der Waals surface area contributed by atoms with Crippen LogP contribution in [0.25, 0.3) is 0 Å². The fourth-order valence-corrected chi connectivity index (χ4v) is 3.10. The summed E-state index contributed by atoms with van der Waals surface area (Å²) in [7, 11) is 0. The molecule has 0 radical (unpaired) electrons. The summed E-state index contributed by atoms with van der Waals surface area (Å²) < 4.78 is 11.7. The molecule has 0 aliphatic carbocycles. The summed E-state index contributed by atoms with van der Waals surface area (Å²) in [6.45, 7) is 6.10. The van der Waals surface area contributed by atoms with Crippen molar-refractivity contribution in [3.05, 3.63) is 71.3 Å². The molecule has 130 valence electrons. The molecule has 1 aliphatic heterocycles. The Hall–Kier alpha value is -2.55. The molecule has 0 saturated carbocycles. The van der Waals surface area contributed by atoms with Crippen molar-refractivity contribution in [2.24, 2.45) is 0 Å². The van der Waals surface area contributed by atoms with Gasteiger partial charge in [0.2, 0.25) is 0 Å². The second kappa shape index (κ2) is 7.56. The minimum absolute atomic E-state index is 0.120. The van der Waals surface area contributed by atoms with Gasteiger partial charge in [-0.25, -0.2) is 0 Å². The molecule has 3 nitrogen and oxygen atoms in total. The standard InChI is InChI=1S/C22H24O3/c1-15(2)9-8-10-16(3)24-22(23)21-17-11-4-6-13-19(17)25-20-14-7-5-12-18(20)21/h4-7,9,11-14,16,21H,8,10H2,1-3H3. The zero-order valence-corrected chi connectivity index (χ0v) is 15.0. The maximum atomic E-state index is 12.9. The van der Waals surface area contributed by atoms with Crippen LogP contribution in [0.5, 0.6) is 11.5 Å². The van der Waals surface area contributed by atoms with Gasteiger partial charge < -0.3 is 9.47 Å². The summed E-state index contributed by atoms with van der Waals surface area (Å²) in [5.41, 5.74) is 3.01. The average Bonchev–Trinajstić information content (AvgIpc) is 2.59. The monoisotopic (exact) mass is 336 g/mol. The fraction of sp³-hybridized carbons (Fsp3) is 0.318. The second-order valence-electron chi connectivity index (χ2n) is 6.72. The zero-order chi connectivity index (χ0) is 17.8. The lowest BCUT2D eigenvalue weighted by molar-refractivity contribution is -0.149. The van der Waals surface area contributed by atoms with Crippen LogP contribution in [0.1, 0.15) is 50.7 Å². The van der Waals surface area contributed by atoms with Crippen LogP contribution in [-0.2, 0) is 9.53 Å². The topological polar surface area (TPSA) is 35.5 Å². The number of hydrogen-bond acceptors (Lipinski definition) is 3. The summed E-state index contributed by atoms with van der Waals surface area (Å²) in [4.78, 5) is 12.9. The second-order valence-corrected chi connectivity index (χ2v) is 6.72. The van der Waals surface area contributed by atoms with Gasteiger partial charge in [0.15, 0.2) is 0 Å². The number of hydrogen-bond donors (Lipinski definition) is 0. The minimum atomic E-state index is -0.438. The van der Waals surface area contributed by atoms with Gasteiger partial charge in [0.1, 0.15) is 17.4 Å². The van der Waals surface area contributed by atoms with Crippen LogP contribution in [0.3, 0.4) is 0 Å². The van der Waals surface area contributed by atoms with Crippen molar-refractivity contribution < 1.29 is 14.3 Å². The lowest BCUT2D eigenvalue weighted by Gasteiger charge is -2.27. The van der Waals surface area contributed by atoms with Crippen LogP contribution in [0.4, 0.5) is 0 Å². The van der Waals surface area contributed by atoms with Crippen LogP contribution in [-0.4, -0.2) is 12.1 Å². The van der Waals surface area contributed by atoms with E-state index in [0.29, 0.717) is 0 Å². The Bertz CT molecular complexity index is 742. The quantitative estimate of drug-likeness (QED) is 0.526. The maximum absolute atomic E-state index is 12.9. The number of fused-ring (bicyclic) bond motifs is 2. The number of rotatable bonds is 5. The molecular formula is C22H24O3. The first-order valence-electron chi connectivity index (χ1n) is 8.76. The Balaban J connectivity index is 1.81. The molecule has 3 heteroatoms. The molecule has 25 heavy (non-hydrogen) atoms. The minimum Gasteiger partial charge on any atom is -0.462 e. The molecule has 0 saturated heterocycles. The van der Waals surface area contributed by atoms with E-state index in [0.717, 1.165) is 35.5 Å². The van der Waals surface area contributed by atoms with E-state index >= 15 is 0 Å². The smallest absolute Gasteiger partial charge is 0.318 e. The molecule has 0 N–H and O–H groups in total. The van der Waals surface area contributed by atoms with Gasteiger partial charge in [-0.2, -0.15) is 0 Å². The Morgan fingerprint density at radius 2 is 1.64 bits per heavy atom. The molecule has 0 bridgehead atoms. The van der Waals surface area contributed by atoms with E-state index in [1.54, 1.807) is 0 Å². The fourth-order valence-electron chi connectivity index (χ4n) is 3.10. The van der Waals surface area contributed by atoms with Gasteiger partial charge in [0.05, 0.1) is 6.10 Å². The van der Waals surface area contributed by atoms with E-state index in [9.17, 15) is 4.79 Å². The lowest BCUT2D eigenvalue weighted by atomic mass is 9.88. The molecular weight excluding hydrogens is 312 g/mol. The zero-order valence-electron chi connectivity index (χ0n) is 15.0. The number of carbonyl (C=O) groups is 1. The highest BCUT2D eigenvalue weighted by Crippen LogP contribution is 2.44. The van der Waals surface area contributed by atoms with Crippen molar-refractivity contribution >= 4 is 5.97 Å². The molecule has 3 rings (SSSR count). The molecule has 1 aliphatic rings. The van der Waals surface area contributed by atoms with E-state index in [1.807, 2.05) is 55.5 Å². The van der Waals surface area contributed by atoms with E-state index in [2.05, 4.69) is 19.9 Å². The van der Waals surface area contributed by atoms with Gasteiger partial charge in [-0.3, -0.25) is 4.79 Å². The SMILES string of the molecule is CC(C)=CCCC(C)OC(=O)C1c2ccccc2Oc2ccccc21. The molecule has 2 aromatic rings. The first-order chi connectivity index (χ1) is 12.1. The number of carbonyl (C=O) groups excluding carboxylic acids is 1. The van der Waals surface area contributed by atoms with Crippen molar-refractivity contribution in [2.45, 2.75) is 45.6 Å². The summed E-state index contributed by atoms with van der Waals surface area (Å²) in [6.07, 6.45) is 3.79. The van der Waals surface area contributed by atoms with Crippen molar-refractivity contribution in [1.29, 1.82) is 0 Å². The van der Waals surface area contributed by atoms with Crippen LogP contribution >= 0.6 is 0 Å². The number of allylic oxidation sites excluding steroid dienone is 2. The summed E-state index contributed by atoms with van der Waals surface area (Å²) in [6, 6.07) is 15.3. The van der Waals surface area contributed by atoms with Crippen LogP contribution in [0, 0.1) is 0 Å².